The van der Waals surface area contributed by atoms with Crippen molar-refractivity contribution in [3.05, 3.63) is 87.2 Å². The molecule has 0 saturated carbocycles. The first-order valence-electron chi connectivity index (χ1n) is 8.08. The van der Waals surface area contributed by atoms with Gasteiger partial charge in [-0.1, -0.05) is 35.0 Å². The minimum Gasteiger partial charge on any atom is -0.277 e. The Morgan fingerprint density at radius 3 is 2.48 bits per heavy atom. The lowest BCUT2D eigenvalue weighted by Gasteiger charge is -2.11. The highest BCUT2D eigenvalue weighted by atomic mass is 35.5. The number of sulfonamides is 1. The van der Waals surface area contributed by atoms with Crippen LogP contribution in [-0.4, -0.2) is 13.4 Å². The lowest BCUT2D eigenvalue weighted by Crippen LogP contribution is -2.15. The summed E-state index contributed by atoms with van der Waals surface area (Å²) < 4.78 is 56.1. The molecule has 0 aliphatic heterocycles. The van der Waals surface area contributed by atoms with Crippen molar-refractivity contribution in [2.45, 2.75) is 11.8 Å². The standard InChI is InChI=1S/C20H12Cl2F2N2O2S/c1-12-2-3-13(11-25-12)4-6-15-17(23)8-9-18(20(15)24)26-29(27,28)19-10-14(21)5-7-16(19)22/h2-3,5,7-11,26H,1H3. The predicted octanol–water partition coefficient (Wildman–Crippen LogP) is 5.18. The Labute approximate surface area is 176 Å². The maximum Gasteiger partial charge on any atom is 0.263 e. The minimum atomic E-state index is -4.28. The molecule has 1 N–H and O–H groups in total. The van der Waals surface area contributed by atoms with Gasteiger partial charge in [0.25, 0.3) is 10.0 Å². The SMILES string of the molecule is Cc1ccc(C#Cc2c(F)ccc(NS(=O)(=O)c3cc(Cl)ccc3Cl)c2F)cn1. The van der Waals surface area contributed by atoms with Gasteiger partial charge in [0.2, 0.25) is 0 Å². The van der Waals surface area contributed by atoms with Gasteiger partial charge in [-0.25, -0.2) is 17.2 Å². The zero-order valence-electron chi connectivity index (χ0n) is 14.8. The molecule has 9 heteroatoms. The Morgan fingerprint density at radius 1 is 1.03 bits per heavy atom. The Balaban J connectivity index is 1.99. The molecule has 0 unspecified atom stereocenters. The van der Waals surface area contributed by atoms with Gasteiger partial charge in [0.05, 0.1) is 16.3 Å². The number of hydrogen-bond acceptors (Lipinski definition) is 3. The molecule has 0 amide bonds. The first kappa shape index (κ1) is 21.1. The molecule has 0 aliphatic rings. The van der Waals surface area contributed by atoms with Crippen LogP contribution >= 0.6 is 23.2 Å². The van der Waals surface area contributed by atoms with E-state index in [-0.39, 0.29) is 14.9 Å². The Morgan fingerprint density at radius 2 is 1.79 bits per heavy atom. The van der Waals surface area contributed by atoms with Crippen LogP contribution in [0.15, 0.2) is 53.6 Å². The average molecular weight is 453 g/mol. The van der Waals surface area contributed by atoms with Crippen molar-refractivity contribution < 1.29 is 17.2 Å². The number of aromatic nitrogens is 1. The highest BCUT2D eigenvalue weighted by Crippen LogP contribution is 2.28. The smallest absolute Gasteiger partial charge is 0.263 e. The lowest BCUT2D eigenvalue weighted by atomic mass is 10.1. The number of halogens is 4. The summed E-state index contributed by atoms with van der Waals surface area (Å²) in [7, 11) is -4.28. The molecule has 1 aromatic heterocycles. The monoisotopic (exact) mass is 452 g/mol. The maximum absolute atomic E-state index is 14.8. The van der Waals surface area contributed by atoms with Crippen molar-refractivity contribution in [2.75, 3.05) is 4.72 Å². The molecule has 0 fully saturated rings. The third-order valence-corrected chi connectivity index (χ3v) is 5.84. The summed E-state index contributed by atoms with van der Waals surface area (Å²) in [4.78, 5) is 3.71. The van der Waals surface area contributed by atoms with Crippen molar-refractivity contribution in [3.8, 4) is 11.8 Å². The molecule has 4 nitrogen and oxygen atoms in total. The Hall–Kier alpha value is -2.66. The molecule has 0 spiro atoms. The van der Waals surface area contributed by atoms with Gasteiger partial charge >= 0.3 is 0 Å². The van der Waals surface area contributed by atoms with Crippen LogP contribution in [0.5, 0.6) is 0 Å². The molecule has 0 radical (unpaired) electrons. The summed E-state index contributed by atoms with van der Waals surface area (Å²) >= 11 is 11.7. The van der Waals surface area contributed by atoms with E-state index in [1.165, 1.54) is 18.3 Å². The van der Waals surface area contributed by atoms with E-state index >= 15 is 0 Å². The summed E-state index contributed by atoms with van der Waals surface area (Å²) in [6, 6.07) is 9.06. The van der Waals surface area contributed by atoms with Gasteiger partial charge in [0.15, 0.2) is 5.82 Å². The predicted molar refractivity (Wildman–Crippen MR) is 109 cm³/mol. The van der Waals surface area contributed by atoms with E-state index in [2.05, 4.69) is 21.5 Å². The molecule has 3 aromatic rings. The maximum atomic E-state index is 14.8. The van der Waals surface area contributed by atoms with Gasteiger partial charge in [0, 0.05) is 22.5 Å². The van der Waals surface area contributed by atoms with E-state index in [0.29, 0.717) is 5.56 Å². The number of pyridine rings is 1. The van der Waals surface area contributed by atoms with Crippen molar-refractivity contribution in [2.24, 2.45) is 0 Å². The van der Waals surface area contributed by atoms with Crippen LogP contribution in [0.25, 0.3) is 0 Å². The number of nitrogens with zero attached hydrogens (tertiary/aromatic N) is 1. The molecule has 2 aromatic carbocycles. The molecular weight excluding hydrogens is 441 g/mol. The fraction of sp³-hybridized carbons (Fsp3) is 0.0500. The summed E-state index contributed by atoms with van der Waals surface area (Å²) in [6.45, 7) is 1.79. The van der Waals surface area contributed by atoms with Crippen molar-refractivity contribution in [1.29, 1.82) is 0 Å². The lowest BCUT2D eigenvalue weighted by molar-refractivity contribution is 0.578. The number of hydrogen-bond donors (Lipinski definition) is 1. The van der Waals surface area contributed by atoms with Crippen LogP contribution in [0.4, 0.5) is 14.5 Å². The van der Waals surface area contributed by atoms with Crippen LogP contribution in [-0.2, 0) is 10.0 Å². The molecule has 29 heavy (non-hydrogen) atoms. The van der Waals surface area contributed by atoms with Gasteiger partial charge in [0.1, 0.15) is 10.7 Å². The third-order valence-electron chi connectivity index (χ3n) is 3.76. The zero-order valence-corrected chi connectivity index (χ0v) is 17.1. The molecule has 0 bridgehead atoms. The van der Waals surface area contributed by atoms with E-state index in [0.717, 1.165) is 23.9 Å². The van der Waals surface area contributed by atoms with Crippen molar-refractivity contribution >= 4 is 38.9 Å². The number of nitrogens with one attached hydrogen (secondary N) is 1. The highest BCUT2D eigenvalue weighted by Gasteiger charge is 2.22. The van der Waals surface area contributed by atoms with Crippen LogP contribution in [0, 0.1) is 30.4 Å². The summed E-state index contributed by atoms with van der Waals surface area (Å²) in [5, 5.41) is 0.0314. The number of rotatable bonds is 3. The third kappa shape index (κ3) is 4.85. The Kier molecular flexibility index (Phi) is 6.08. The van der Waals surface area contributed by atoms with Crippen LogP contribution in [0.3, 0.4) is 0 Å². The first-order valence-corrected chi connectivity index (χ1v) is 10.3. The van der Waals surface area contributed by atoms with E-state index < -0.39 is 32.9 Å². The molecular formula is C20H12Cl2F2N2O2S. The van der Waals surface area contributed by atoms with Crippen molar-refractivity contribution in [3.63, 3.8) is 0 Å². The summed E-state index contributed by atoms with van der Waals surface area (Å²) in [5.74, 6) is 2.90. The topological polar surface area (TPSA) is 59.1 Å². The quantitative estimate of drug-likeness (QED) is 0.557. The Bertz CT molecular complexity index is 1250. The highest BCUT2D eigenvalue weighted by molar-refractivity contribution is 7.92. The van der Waals surface area contributed by atoms with Crippen LogP contribution in [0.1, 0.15) is 16.8 Å². The molecule has 1 heterocycles. The number of anilines is 1. The van der Waals surface area contributed by atoms with Crippen LogP contribution < -0.4 is 4.72 Å². The molecule has 3 rings (SSSR count). The number of benzene rings is 2. The molecule has 0 atom stereocenters. The fourth-order valence-corrected chi connectivity index (χ4v) is 4.13. The zero-order chi connectivity index (χ0) is 21.2. The fourth-order valence-electron chi connectivity index (χ4n) is 2.31. The largest absolute Gasteiger partial charge is 0.277 e. The van der Waals surface area contributed by atoms with Crippen molar-refractivity contribution in [1.82, 2.24) is 4.98 Å². The minimum absolute atomic E-state index is 0.101. The van der Waals surface area contributed by atoms with Gasteiger partial charge in [-0.15, -0.1) is 0 Å². The summed E-state index contributed by atoms with van der Waals surface area (Å²) in [6.07, 6.45) is 1.46. The van der Waals surface area contributed by atoms with Crippen LogP contribution in [0.2, 0.25) is 10.0 Å². The molecule has 0 aliphatic carbocycles. The van der Waals surface area contributed by atoms with Gasteiger partial charge in [-0.3, -0.25) is 9.71 Å². The van der Waals surface area contributed by atoms with E-state index in [4.69, 9.17) is 23.2 Å². The molecule has 0 saturated heterocycles. The summed E-state index contributed by atoms with van der Waals surface area (Å²) in [5.41, 5.74) is 0.159. The average Bonchev–Trinajstić information content (AvgIpc) is 2.67. The van der Waals surface area contributed by atoms with E-state index in [9.17, 15) is 17.2 Å². The second-order valence-electron chi connectivity index (χ2n) is 5.90. The normalized spacial score (nSPS) is 10.9. The van der Waals surface area contributed by atoms with E-state index in [1.807, 2.05) is 0 Å². The first-order chi connectivity index (χ1) is 13.7. The molecule has 148 valence electrons. The van der Waals surface area contributed by atoms with Gasteiger partial charge in [-0.2, -0.15) is 0 Å². The second-order valence-corrected chi connectivity index (χ2v) is 8.40. The number of aryl methyl sites for hydroxylation is 1. The van der Waals surface area contributed by atoms with Gasteiger partial charge in [-0.05, 0) is 49.4 Å². The second kappa shape index (κ2) is 8.37. The van der Waals surface area contributed by atoms with Gasteiger partial charge < -0.3 is 0 Å². The van der Waals surface area contributed by atoms with E-state index in [1.54, 1.807) is 19.1 Å².